The highest BCUT2D eigenvalue weighted by atomic mass is 32.2. The minimum absolute atomic E-state index is 0.199. The molecule has 0 aliphatic heterocycles. The standard InChI is InChI=1S/C24H28N2O4S/c1-2-25(31(29,30)23-6-4-3-5-22(23)26(27)28)21-9-7-20(8-10-21)24-14-17-11-18(15-24)13-19(12-17)16-24/h3-10,17-19H,2,11-16H2,1H3. The summed E-state index contributed by atoms with van der Waals surface area (Å²) in [6.45, 7) is 1.95. The molecule has 0 atom stereocenters. The maximum absolute atomic E-state index is 13.3. The molecule has 0 N–H and O–H groups in total. The number of rotatable bonds is 6. The van der Waals surface area contributed by atoms with Gasteiger partial charge < -0.3 is 0 Å². The van der Waals surface area contributed by atoms with Crippen LogP contribution < -0.4 is 4.31 Å². The maximum atomic E-state index is 13.3. The summed E-state index contributed by atoms with van der Waals surface area (Å²) >= 11 is 0. The number of sulfonamides is 1. The Morgan fingerprint density at radius 1 is 0.968 bits per heavy atom. The van der Waals surface area contributed by atoms with E-state index in [1.165, 1.54) is 72.7 Å². The summed E-state index contributed by atoms with van der Waals surface area (Å²) < 4.78 is 27.9. The molecule has 4 bridgehead atoms. The van der Waals surface area contributed by atoms with Crippen LogP contribution in [0.25, 0.3) is 0 Å². The van der Waals surface area contributed by atoms with Crippen LogP contribution in [0.15, 0.2) is 53.4 Å². The third-order valence-electron chi connectivity index (χ3n) is 7.72. The highest BCUT2D eigenvalue weighted by Crippen LogP contribution is 2.60. The molecule has 6 rings (SSSR count). The van der Waals surface area contributed by atoms with E-state index >= 15 is 0 Å². The number of benzene rings is 2. The van der Waals surface area contributed by atoms with Gasteiger partial charge in [-0.15, -0.1) is 0 Å². The second kappa shape index (κ2) is 7.33. The molecule has 0 aromatic heterocycles. The first-order valence-corrected chi connectivity index (χ1v) is 12.6. The maximum Gasteiger partial charge on any atom is 0.289 e. The van der Waals surface area contributed by atoms with Gasteiger partial charge in [-0.2, -0.15) is 0 Å². The van der Waals surface area contributed by atoms with Crippen molar-refractivity contribution in [1.29, 1.82) is 0 Å². The average Bonchev–Trinajstić information content (AvgIpc) is 2.73. The van der Waals surface area contributed by atoms with Crippen molar-refractivity contribution in [2.75, 3.05) is 10.8 Å². The van der Waals surface area contributed by atoms with Crippen molar-refractivity contribution in [1.82, 2.24) is 0 Å². The van der Waals surface area contributed by atoms with Crippen LogP contribution in [-0.4, -0.2) is 19.9 Å². The Balaban J connectivity index is 1.47. The van der Waals surface area contributed by atoms with Gasteiger partial charge in [0.1, 0.15) is 0 Å². The predicted molar refractivity (Wildman–Crippen MR) is 120 cm³/mol. The monoisotopic (exact) mass is 440 g/mol. The van der Waals surface area contributed by atoms with Crippen LogP contribution in [0, 0.1) is 27.9 Å². The van der Waals surface area contributed by atoms with Crippen molar-refractivity contribution in [3.05, 3.63) is 64.2 Å². The van der Waals surface area contributed by atoms with Gasteiger partial charge in [-0.25, -0.2) is 8.42 Å². The lowest BCUT2D eigenvalue weighted by molar-refractivity contribution is -0.387. The summed E-state index contributed by atoms with van der Waals surface area (Å²) in [7, 11) is -4.05. The van der Waals surface area contributed by atoms with E-state index in [9.17, 15) is 18.5 Å². The van der Waals surface area contributed by atoms with Crippen molar-refractivity contribution in [2.45, 2.75) is 55.8 Å². The molecule has 4 aliphatic rings. The quantitative estimate of drug-likeness (QED) is 0.452. The molecule has 31 heavy (non-hydrogen) atoms. The third kappa shape index (κ3) is 3.34. The van der Waals surface area contributed by atoms with Crippen LogP contribution in [-0.2, 0) is 15.4 Å². The van der Waals surface area contributed by atoms with Gasteiger partial charge in [-0.05, 0) is 92.4 Å². The number of hydrogen-bond acceptors (Lipinski definition) is 4. The van der Waals surface area contributed by atoms with Crippen LogP contribution in [0.1, 0.15) is 51.0 Å². The summed E-state index contributed by atoms with van der Waals surface area (Å²) in [5.41, 5.74) is 1.73. The number of anilines is 1. The SMILES string of the molecule is CCN(c1ccc(C23CC4CC(CC(C4)C2)C3)cc1)S(=O)(=O)c1ccccc1[N+](=O)[O-]. The van der Waals surface area contributed by atoms with Gasteiger partial charge >= 0.3 is 0 Å². The fourth-order valence-corrected chi connectivity index (χ4v) is 8.52. The molecule has 0 heterocycles. The molecule has 0 amide bonds. The first-order chi connectivity index (χ1) is 14.8. The molecule has 0 saturated heterocycles. The van der Waals surface area contributed by atoms with Crippen molar-refractivity contribution >= 4 is 21.4 Å². The lowest BCUT2D eigenvalue weighted by Gasteiger charge is -2.57. The van der Waals surface area contributed by atoms with Crippen molar-refractivity contribution < 1.29 is 13.3 Å². The molecule has 0 unspecified atom stereocenters. The fourth-order valence-electron chi connectivity index (χ4n) is 6.88. The van der Waals surface area contributed by atoms with E-state index in [-0.39, 0.29) is 16.9 Å². The van der Waals surface area contributed by atoms with E-state index in [1.807, 2.05) is 12.1 Å². The topological polar surface area (TPSA) is 80.5 Å². The summed E-state index contributed by atoms with van der Waals surface area (Å²) in [6.07, 6.45) is 7.91. The smallest absolute Gasteiger partial charge is 0.266 e. The Labute approximate surface area is 183 Å². The number of para-hydroxylation sites is 1. The summed E-state index contributed by atoms with van der Waals surface area (Å²) in [5.74, 6) is 2.53. The van der Waals surface area contributed by atoms with Crippen LogP contribution >= 0.6 is 0 Å². The van der Waals surface area contributed by atoms with E-state index in [0.717, 1.165) is 17.8 Å². The van der Waals surface area contributed by atoms with Crippen LogP contribution in [0.3, 0.4) is 0 Å². The molecule has 4 saturated carbocycles. The Kier molecular flexibility index (Phi) is 4.84. The van der Waals surface area contributed by atoms with Gasteiger partial charge in [0.25, 0.3) is 15.7 Å². The third-order valence-corrected chi connectivity index (χ3v) is 9.67. The molecule has 2 aromatic carbocycles. The highest BCUT2D eigenvalue weighted by molar-refractivity contribution is 7.93. The zero-order valence-corrected chi connectivity index (χ0v) is 18.6. The highest BCUT2D eigenvalue weighted by Gasteiger charge is 2.51. The fraction of sp³-hybridized carbons (Fsp3) is 0.500. The lowest BCUT2D eigenvalue weighted by Crippen LogP contribution is -2.48. The molecular formula is C24H28N2O4S. The van der Waals surface area contributed by atoms with E-state index in [2.05, 4.69) is 12.1 Å². The Hall–Kier alpha value is -2.41. The first-order valence-electron chi connectivity index (χ1n) is 11.2. The lowest BCUT2D eigenvalue weighted by atomic mass is 9.48. The predicted octanol–water partition coefficient (Wildman–Crippen LogP) is 5.28. The molecule has 6 nitrogen and oxygen atoms in total. The summed E-state index contributed by atoms with van der Waals surface area (Å²) in [5, 5.41) is 11.4. The van der Waals surface area contributed by atoms with Gasteiger partial charge in [0.2, 0.25) is 0 Å². The van der Waals surface area contributed by atoms with E-state index < -0.39 is 20.6 Å². The molecule has 2 aromatic rings. The molecule has 7 heteroatoms. The molecule has 164 valence electrons. The Morgan fingerprint density at radius 3 is 2.03 bits per heavy atom. The van der Waals surface area contributed by atoms with E-state index in [0.29, 0.717) is 5.69 Å². The second-order valence-corrected chi connectivity index (χ2v) is 11.5. The second-order valence-electron chi connectivity index (χ2n) is 9.64. The molecule has 4 aliphatic carbocycles. The van der Waals surface area contributed by atoms with Crippen molar-refractivity contribution in [2.24, 2.45) is 17.8 Å². The molecule has 0 spiro atoms. The van der Waals surface area contributed by atoms with Crippen molar-refractivity contribution in [3.63, 3.8) is 0 Å². The molecule has 0 radical (unpaired) electrons. The van der Waals surface area contributed by atoms with E-state index in [4.69, 9.17) is 0 Å². The zero-order chi connectivity index (χ0) is 21.8. The van der Waals surface area contributed by atoms with Gasteiger partial charge in [-0.3, -0.25) is 14.4 Å². The van der Waals surface area contributed by atoms with Crippen LogP contribution in [0.2, 0.25) is 0 Å². The minimum Gasteiger partial charge on any atom is -0.266 e. The van der Waals surface area contributed by atoms with Gasteiger partial charge in [0, 0.05) is 12.6 Å². The first kappa shape index (κ1) is 20.5. The minimum atomic E-state index is -4.05. The van der Waals surface area contributed by atoms with Crippen LogP contribution in [0.4, 0.5) is 11.4 Å². The number of nitrogens with zero attached hydrogens (tertiary/aromatic N) is 2. The van der Waals surface area contributed by atoms with Gasteiger partial charge in [0.15, 0.2) is 4.90 Å². The van der Waals surface area contributed by atoms with Crippen molar-refractivity contribution in [3.8, 4) is 0 Å². The zero-order valence-electron chi connectivity index (χ0n) is 17.7. The molecule has 4 fully saturated rings. The number of nitro benzene ring substituents is 1. The van der Waals surface area contributed by atoms with Gasteiger partial charge in [-0.1, -0.05) is 24.3 Å². The normalized spacial score (nSPS) is 29.1. The largest absolute Gasteiger partial charge is 0.289 e. The van der Waals surface area contributed by atoms with Crippen LogP contribution in [0.5, 0.6) is 0 Å². The Bertz CT molecular complexity index is 1080. The summed E-state index contributed by atoms with van der Waals surface area (Å²) in [4.78, 5) is 10.5. The number of nitro groups is 1. The Morgan fingerprint density at radius 2 is 1.52 bits per heavy atom. The summed E-state index contributed by atoms with van der Waals surface area (Å²) in [6, 6.07) is 13.5. The average molecular weight is 441 g/mol. The van der Waals surface area contributed by atoms with E-state index in [1.54, 1.807) is 6.92 Å². The van der Waals surface area contributed by atoms with Gasteiger partial charge in [0.05, 0.1) is 10.6 Å². The molecular weight excluding hydrogens is 412 g/mol. The number of hydrogen-bond donors (Lipinski definition) is 0.